The number of nitrogens with zero attached hydrogens (tertiary/aromatic N) is 1. The van der Waals surface area contributed by atoms with Gasteiger partial charge in [-0.1, -0.05) is 33.3 Å². The van der Waals surface area contributed by atoms with Crippen molar-refractivity contribution in [2.75, 3.05) is 0 Å². The Morgan fingerprint density at radius 3 is 2.55 bits per heavy atom. The third-order valence-electron chi connectivity index (χ3n) is 4.98. The van der Waals surface area contributed by atoms with Gasteiger partial charge in [0.25, 0.3) is 5.91 Å². The number of carbonyl (C=O) groups is 1. The second-order valence-electron chi connectivity index (χ2n) is 6.58. The third-order valence-corrected chi connectivity index (χ3v) is 4.98. The van der Waals surface area contributed by atoms with Crippen molar-refractivity contribution in [1.29, 1.82) is 0 Å². The SMILES string of the molecule is CCC(C)(C)C1CCC(NC(=O)c2ccccn2)CC1. The minimum absolute atomic E-state index is 0.0381. The summed E-state index contributed by atoms with van der Waals surface area (Å²) < 4.78 is 0. The van der Waals surface area contributed by atoms with Crippen LogP contribution in [-0.4, -0.2) is 16.9 Å². The van der Waals surface area contributed by atoms with E-state index in [2.05, 4.69) is 31.1 Å². The van der Waals surface area contributed by atoms with Gasteiger partial charge in [0.1, 0.15) is 5.69 Å². The number of carbonyl (C=O) groups excluding carboxylic acids is 1. The lowest BCUT2D eigenvalue weighted by atomic mass is 9.69. The Kier molecular flexibility index (Phi) is 4.79. The minimum Gasteiger partial charge on any atom is -0.348 e. The molecule has 0 unspecified atom stereocenters. The zero-order valence-electron chi connectivity index (χ0n) is 12.9. The molecular weight excluding hydrogens is 248 g/mol. The molecule has 0 saturated heterocycles. The maximum absolute atomic E-state index is 12.1. The summed E-state index contributed by atoms with van der Waals surface area (Å²) in [5, 5.41) is 3.12. The van der Waals surface area contributed by atoms with Crippen molar-refractivity contribution in [2.45, 2.75) is 58.9 Å². The van der Waals surface area contributed by atoms with Gasteiger partial charge in [-0.3, -0.25) is 9.78 Å². The smallest absolute Gasteiger partial charge is 0.270 e. The average Bonchev–Trinajstić information content (AvgIpc) is 2.48. The van der Waals surface area contributed by atoms with Crippen LogP contribution in [-0.2, 0) is 0 Å². The molecule has 0 atom stereocenters. The zero-order valence-corrected chi connectivity index (χ0v) is 12.9. The molecule has 1 aliphatic rings. The molecule has 3 heteroatoms. The van der Waals surface area contributed by atoms with E-state index in [4.69, 9.17) is 0 Å². The number of nitrogens with one attached hydrogen (secondary N) is 1. The first-order valence-electron chi connectivity index (χ1n) is 7.75. The lowest BCUT2D eigenvalue weighted by Gasteiger charge is -2.39. The van der Waals surface area contributed by atoms with Gasteiger partial charge in [-0.05, 0) is 49.1 Å². The minimum atomic E-state index is -0.0381. The van der Waals surface area contributed by atoms with Crippen LogP contribution < -0.4 is 5.32 Å². The van der Waals surface area contributed by atoms with E-state index < -0.39 is 0 Å². The van der Waals surface area contributed by atoms with E-state index in [-0.39, 0.29) is 5.91 Å². The van der Waals surface area contributed by atoms with Crippen molar-refractivity contribution in [3.8, 4) is 0 Å². The first-order chi connectivity index (χ1) is 9.53. The number of amides is 1. The molecule has 110 valence electrons. The van der Waals surface area contributed by atoms with Gasteiger partial charge in [0.15, 0.2) is 0 Å². The molecule has 0 radical (unpaired) electrons. The van der Waals surface area contributed by atoms with Crippen LogP contribution in [0, 0.1) is 11.3 Å². The van der Waals surface area contributed by atoms with Crippen LogP contribution in [0.15, 0.2) is 24.4 Å². The van der Waals surface area contributed by atoms with Gasteiger partial charge in [-0.2, -0.15) is 0 Å². The van der Waals surface area contributed by atoms with Crippen molar-refractivity contribution >= 4 is 5.91 Å². The third kappa shape index (κ3) is 3.59. The summed E-state index contributed by atoms with van der Waals surface area (Å²) in [6.45, 7) is 7.00. The van der Waals surface area contributed by atoms with Gasteiger partial charge in [-0.15, -0.1) is 0 Å². The fourth-order valence-corrected chi connectivity index (χ4v) is 3.06. The van der Waals surface area contributed by atoms with Crippen molar-refractivity contribution in [1.82, 2.24) is 10.3 Å². The van der Waals surface area contributed by atoms with Crippen LogP contribution in [0.1, 0.15) is 63.4 Å². The monoisotopic (exact) mass is 274 g/mol. The highest BCUT2D eigenvalue weighted by atomic mass is 16.1. The molecule has 1 amide bonds. The highest BCUT2D eigenvalue weighted by molar-refractivity contribution is 5.92. The predicted octanol–water partition coefficient (Wildman–Crippen LogP) is 3.81. The summed E-state index contributed by atoms with van der Waals surface area (Å²) >= 11 is 0. The van der Waals surface area contributed by atoms with Gasteiger partial charge in [0, 0.05) is 12.2 Å². The van der Waals surface area contributed by atoms with E-state index in [0.29, 0.717) is 17.2 Å². The first-order valence-corrected chi connectivity index (χ1v) is 7.75. The molecule has 0 aromatic carbocycles. The molecule has 0 bridgehead atoms. The van der Waals surface area contributed by atoms with Crippen molar-refractivity contribution in [3.05, 3.63) is 30.1 Å². The molecule has 1 aliphatic carbocycles. The van der Waals surface area contributed by atoms with E-state index in [1.165, 1.54) is 19.3 Å². The Labute approximate surface area is 122 Å². The predicted molar refractivity (Wildman–Crippen MR) is 81.5 cm³/mol. The summed E-state index contributed by atoms with van der Waals surface area (Å²) in [4.78, 5) is 16.2. The zero-order chi connectivity index (χ0) is 14.6. The maximum Gasteiger partial charge on any atom is 0.270 e. The topological polar surface area (TPSA) is 42.0 Å². The number of rotatable bonds is 4. The average molecular weight is 274 g/mol. The molecule has 3 nitrogen and oxygen atoms in total. The van der Waals surface area contributed by atoms with E-state index in [1.54, 1.807) is 12.3 Å². The first kappa shape index (κ1) is 15.0. The normalized spacial score (nSPS) is 23.4. The Morgan fingerprint density at radius 2 is 2.00 bits per heavy atom. The van der Waals surface area contributed by atoms with Crippen LogP contribution in [0.3, 0.4) is 0 Å². The van der Waals surface area contributed by atoms with Crippen molar-refractivity contribution in [2.24, 2.45) is 11.3 Å². The molecule has 1 aromatic heterocycles. The van der Waals surface area contributed by atoms with Crippen LogP contribution in [0.2, 0.25) is 0 Å². The molecule has 2 rings (SSSR count). The van der Waals surface area contributed by atoms with Gasteiger partial charge in [0.05, 0.1) is 0 Å². The maximum atomic E-state index is 12.1. The van der Waals surface area contributed by atoms with Gasteiger partial charge in [0.2, 0.25) is 0 Å². The number of aromatic nitrogens is 1. The summed E-state index contributed by atoms with van der Waals surface area (Å²) in [5.41, 5.74) is 0.944. The Balaban J connectivity index is 1.85. The van der Waals surface area contributed by atoms with Gasteiger partial charge < -0.3 is 5.32 Å². The Morgan fingerprint density at radius 1 is 1.30 bits per heavy atom. The van der Waals surface area contributed by atoms with Crippen LogP contribution in [0.25, 0.3) is 0 Å². The van der Waals surface area contributed by atoms with E-state index >= 15 is 0 Å². The number of hydrogen-bond donors (Lipinski definition) is 1. The summed E-state index contributed by atoms with van der Waals surface area (Å²) in [5.74, 6) is 0.749. The highest BCUT2D eigenvalue weighted by Crippen LogP contribution is 2.40. The molecule has 1 aromatic rings. The summed E-state index contributed by atoms with van der Waals surface area (Å²) in [7, 11) is 0. The second-order valence-corrected chi connectivity index (χ2v) is 6.58. The summed E-state index contributed by atoms with van der Waals surface area (Å²) in [6, 6.07) is 5.76. The largest absolute Gasteiger partial charge is 0.348 e. The van der Waals surface area contributed by atoms with Crippen molar-refractivity contribution in [3.63, 3.8) is 0 Å². The fourth-order valence-electron chi connectivity index (χ4n) is 3.06. The van der Waals surface area contributed by atoms with Gasteiger partial charge >= 0.3 is 0 Å². The quantitative estimate of drug-likeness (QED) is 0.907. The Bertz CT molecular complexity index is 434. The molecule has 20 heavy (non-hydrogen) atoms. The van der Waals surface area contributed by atoms with Crippen LogP contribution in [0.5, 0.6) is 0 Å². The fraction of sp³-hybridized carbons (Fsp3) is 0.647. The second kappa shape index (κ2) is 6.38. The molecule has 1 saturated carbocycles. The highest BCUT2D eigenvalue weighted by Gasteiger charge is 2.32. The molecule has 1 N–H and O–H groups in total. The standard InChI is InChI=1S/C17H26N2O/c1-4-17(2,3)13-8-10-14(11-9-13)19-16(20)15-7-5-6-12-18-15/h5-7,12-14H,4,8-11H2,1-3H3,(H,19,20). The van der Waals surface area contributed by atoms with Crippen LogP contribution in [0.4, 0.5) is 0 Å². The molecule has 0 spiro atoms. The Hall–Kier alpha value is -1.38. The van der Waals surface area contributed by atoms with E-state index in [1.807, 2.05) is 12.1 Å². The lowest BCUT2D eigenvalue weighted by Crippen LogP contribution is -2.40. The van der Waals surface area contributed by atoms with Crippen molar-refractivity contribution < 1.29 is 4.79 Å². The van der Waals surface area contributed by atoms with Crippen LogP contribution >= 0.6 is 0 Å². The number of hydrogen-bond acceptors (Lipinski definition) is 2. The molecule has 1 fully saturated rings. The van der Waals surface area contributed by atoms with Gasteiger partial charge in [-0.25, -0.2) is 0 Å². The molecular formula is C17H26N2O. The molecule has 1 heterocycles. The lowest BCUT2D eigenvalue weighted by molar-refractivity contribution is 0.0888. The van der Waals surface area contributed by atoms with E-state index in [0.717, 1.165) is 18.8 Å². The number of pyridine rings is 1. The summed E-state index contributed by atoms with van der Waals surface area (Å²) in [6.07, 6.45) is 7.50. The van der Waals surface area contributed by atoms with E-state index in [9.17, 15) is 4.79 Å². The molecule has 0 aliphatic heterocycles.